The van der Waals surface area contributed by atoms with Gasteiger partial charge in [0.1, 0.15) is 0 Å². The maximum atomic E-state index is 12.2. The van der Waals surface area contributed by atoms with Gasteiger partial charge in [-0.2, -0.15) is 0 Å². The van der Waals surface area contributed by atoms with Crippen molar-refractivity contribution in [2.75, 3.05) is 5.32 Å². The number of esters is 1. The third-order valence-electron chi connectivity index (χ3n) is 3.86. The third-order valence-corrected chi connectivity index (χ3v) is 4.43. The molecule has 2 rings (SSSR count). The zero-order valence-corrected chi connectivity index (χ0v) is 16.8. The molecule has 0 aromatic heterocycles. The molecule has 2 aromatic carbocycles. The average molecular weight is 406 g/mol. The molecule has 0 saturated heterocycles. The van der Waals surface area contributed by atoms with E-state index in [1.807, 2.05) is 24.3 Å². The maximum Gasteiger partial charge on any atom is 0.331 e. The molecule has 1 atom stereocenters. The van der Waals surface area contributed by atoms with Crippen LogP contribution in [0.25, 0.3) is 6.08 Å². The second-order valence-electron chi connectivity index (χ2n) is 6.35. The van der Waals surface area contributed by atoms with E-state index in [0.29, 0.717) is 21.7 Å². The Morgan fingerprint density at radius 3 is 2.33 bits per heavy atom. The normalized spacial score (nSPS) is 12.2. The van der Waals surface area contributed by atoms with Crippen LogP contribution in [0.1, 0.15) is 37.8 Å². The van der Waals surface area contributed by atoms with Crippen molar-refractivity contribution in [1.29, 1.82) is 0 Å². The summed E-state index contributed by atoms with van der Waals surface area (Å²) in [7, 11) is 0. The van der Waals surface area contributed by atoms with Gasteiger partial charge in [-0.15, -0.1) is 0 Å². The molecule has 0 spiro atoms. The number of carbonyl (C=O) groups excluding carboxylic acids is 2. The van der Waals surface area contributed by atoms with Crippen LogP contribution in [0.2, 0.25) is 10.0 Å². The van der Waals surface area contributed by atoms with Gasteiger partial charge < -0.3 is 10.1 Å². The van der Waals surface area contributed by atoms with Gasteiger partial charge in [-0.1, -0.05) is 61.3 Å². The lowest BCUT2D eigenvalue weighted by Crippen LogP contribution is -2.29. The zero-order valence-electron chi connectivity index (χ0n) is 15.3. The minimum atomic E-state index is -0.986. The number of ether oxygens (including phenoxy) is 1. The highest BCUT2D eigenvalue weighted by Crippen LogP contribution is 2.25. The van der Waals surface area contributed by atoms with Gasteiger partial charge in [0.25, 0.3) is 5.91 Å². The van der Waals surface area contributed by atoms with Gasteiger partial charge in [-0.3, -0.25) is 4.79 Å². The Hall–Kier alpha value is -2.30. The summed E-state index contributed by atoms with van der Waals surface area (Å²) in [4.78, 5) is 24.1. The zero-order chi connectivity index (χ0) is 20.0. The minimum Gasteiger partial charge on any atom is -0.449 e. The molecule has 1 amide bonds. The second kappa shape index (κ2) is 9.58. The van der Waals surface area contributed by atoms with Crippen molar-refractivity contribution in [3.8, 4) is 0 Å². The number of carbonyl (C=O) groups is 2. The monoisotopic (exact) mass is 405 g/mol. The number of anilines is 1. The van der Waals surface area contributed by atoms with Crippen LogP contribution in [0.5, 0.6) is 0 Å². The van der Waals surface area contributed by atoms with Crippen LogP contribution in [-0.4, -0.2) is 18.0 Å². The van der Waals surface area contributed by atoms with Gasteiger partial charge in [-0.25, -0.2) is 4.79 Å². The summed E-state index contributed by atoms with van der Waals surface area (Å²) >= 11 is 11.9. The Labute approximate surface area is 169 Å². The van der Waals surface area contributed by atoms with E-state index in [2.05, 4.69) is 19.2 Å². The summed E-state index contributed by atoms with van der Waals surface area (Å²) < 4.78 is 5.12. The lowest BCUT2D eigenvalue weighted by molar-refractivity contribution is -0.148. The lowest BCUT2D eigenvalue weighted by Gasteiger charge is -2.13. The van der Waals surface area contributed by atoms with E-state index in [1.165, 1.54) is 24.6 Å². The van der Waals surface area contributed by atoms with Crippen LogP contribution in [0.3, 0.4) is 0 Å². The lowest BCUT2D eigenvalue weighted by atomic mass is 10.0. The van der Waals surface area contributed by atoms with E-state index in [0.717, 1.165) is 5.56 Å². The first-order valence-corrected chi connectivity index (χ1v) is 9.26. The second-order valence-corrected chi connectivity index (χ2v) is 7.19. The SMILES string of the molecule is CC(OC(=O)/C=C/c1ccc(C(C)C)cc1)C(=O)Nc1cc(Cl)ccc1Cl. The Bertz CT molecular complexity index is 845. The highest BCUT2D eigenvalue weighted by Gasteiger charge is 2.17. The summed E-state index contributed by atoms with van der Waals surface area (Å²) in [5.41, 5.74) is 2.46. The summed E-state index contributed by atoms with van der Waals surface area (Å²) in [5, 5.41) is 3.37. The van der Waals surface area contributed by atoms with Crippen LogP contribution in [0.4, 0.5) is 5.69 Å². The Kier molecular flexibility index (Phi) is 7.45. The van der Waals surface area contributed by atoms with Gasteiger partial charge in [0, 0.05) is 11.1 Å². The molecule has 1 N–H and O–H groups in total. The van der Waals surface area contributed by atoms with Gasteiger partial charge in [-0.05, 0) is 48.2 Å². The summed E-state index contributed by atoms with van der Waals surface area (Å²) in [6.45, 7) is 5.72. The third kappa shape index (κ3) is 6.42. The van der Waals surface area contributed by atoms with Gasteiger partial charge in [0.05, 0.1) is 10.7 Å². The molecule has 0 saturated carbocycles. The molecule has 0 aliphatic heterocycles. The van der Waals surface area contributed by atoms with Gasteiger partial charge >= 0.3 is 5.97 Å². The van der Waals surface area contributed by atoms with E-state index in [1.54, 1.807) is 18.2 Å². The van der Waals surface area contributed by atoms with Crippen molar-refractivity contribution < 1.29 is 14.3 Å². The number of hydrogen-bond donors (Lipinski definition) is 1. The predicted octanol–water partition coefficient (Wildman–Crippen LogP) is 5.70. The molecular weight excluding hydrogens is 385 g/mol. The van der Waals surface area contributed by atoms with Crippen LogP contribution in [0.15, 0.2) is 48.5 Å². The number of hydrogen-bond acceptors (Lipinski definition) is 3. The molecular formula is C21H21Cl2NO3. The van der Waals surface area contributed by atoms with E-state index in [-0.39, 0.29) is 0 Å². The van der Waals surface area contributed by atoms with Crippen LogP contribution in [-0.2, 0) is 14.3 Å². The number of rotatable bonds is 6. The largest absolute Gasteiger partial charge is 0.449 e. The minimum absolute atomic E-state index is 0.344. The molecule has 6 heteroatoms. The van der Waals surface area contributed by atoms with Crippen molar-refractivity contribution in [1.82, 2.24) is 0 Å². The van der Waals surface area contributed by atoms with Gasteiger partial charge in [0.2, 0.25) is 0 Å². The summed E-state index contributed by atoms with van der Waals surface area (Å²) in [5.74, 6) is -0.662. The number of benzene rings is 2. The van der Waals surface area contributed by atoms with Crippen molar-refractivity contribution in [3.63, 3.8) is 0 Å². The first-order valence-electron chi connectivity index (χ1n) is 8.51. The van der Waals surface area contributed by atoms with Crippen molar-refractivity contribution in [2.24, 2.45) is 0 Å². The molecule has 27 heavy (non-hydrogen) atoms. The Balaban J connectivity index is 1.92. The van der Waals surface area contributed by atoms with Gasteiger partial charge in [0.15, 0.2) is 6.10 Å². The first kappa shape index (κ1) is 21.0. The van der Waals surface area contributed by atoms with Crippen LogP contribution >= 0.6 is 23.2 Å². The standard InChI is InChI=1S/C21H21Cl2NO3/c1-13(2)16-7-4-15(5-8-16)6-11-20(25)27-14(3)21(26)24-19-12-17(22)9-10-18(19)23/h4-14H,1-3H3,(H,24,26)/b11-6+. The predicted molar refractivity (Wildman–Crippen MR) is 110 cm³/mol. The number of amides is 1. The highest BCUT2D eigenvalue weighted by atomic mass is 35.5. The molecule has 0 heterocycles. The molecule has 142 valence electrons. The van der Waals surface area contributed by atoms with Crippen molar-refractivity contribution in [3.05, 3.63) is 69.7 Å². The average Bonchev–Trinajstić information content (AvgIpc) is 2.63. The molecule has 0 aliphatic carbocycles. The first-order chi connectivity index (χ1) is 12.8. The number of nitrogens with one attached hydrogen (secondary N) is 1. The van der Waals surface area contributed by atoms with Crippen LogP contribution < -0.4 is 5.32 Å². The fraction of sp³-hybridized carbons (Fsp3) is 0.238. The van der Waals surface area contributed by atoms with E-state index < -0.39 is 18.0 Å². The fourth-order valence-corrected chi connectivity index (χ4v) is 2.59. The molecule has 0 radical (unpaired) electrons. The number of halogens is 2. The van der Waals surface area contributed by atoms with E-state index >= 15 is 0 Å². The van der Waals surface area contributed by atoms with Crippen molar-refractivity contribution >= 4 is 46.8 Å². The summed E-state index contributed by atoms with van der Waals surface area (Å²) in [6.07, 6.45) is 1.95. The summed E-state index contributed by atoms with van der Waals surface area (Å²) in [6, 6.07) is 12.6. The topological polar surface area (TPSA) is 55.4 Å². The highest BCUT2D eigenvalue weighted by molar-refractivity contribution is 6.35. The quantitative estimate of drug-likeness (QED) is 0.495. The molecule has 2 aromatic rings. The molecule has 0 fully saturated rings. The van der Waals surface area contributed by atoms with E-state index in [9.17, 15) is 9.59 Å². The Morgan fingerprint density at radius 1 is 1.04 bits per heavy atom. The Morgan fingerprint density at radius 2 is 1.70 bits per heavy atom. The van der Waals surface area contributed by atoms with Crippen LogP contribution in [0, 0.1) is 0 Å². The molecule has 1 unspecified atom stereocenters. The molecule has 0 bridgehead atoms. The fourth-order valence-electron chi connectivity index (χ4n) is 2.25. The molecule has 0 aliphatic rings. The molecule has 4 nitrogen and oxygen atoms in total. The maximum absolute atomic E-state index is 12.2. The van der Waals surface area contributed by atoms with Crippen molar-refractivity contribution in [2.45, 2.75) is 32.8 Å². The smallest absolute Gasteiger partial charge is 0.331 e. The van der Waals surface area contributed by atoms with E-state index in [4.69, 9.17) is 27.9 Å².